The van der Waals surface area contributed by atoms with E-state index in [9.17, 15) is 0 Å². The fourth-order valence-corrected chi connectivity index (χ4v) is 1.63. The van der Waals surface area contributed by atoms with Crippen LogP contribution in [0, 0.1) is 24.2 Å². The van der Waals surface area contributed by atoms with Crippen molar-refractivity contribution in [2.75, 3.05) is 6.61 Å². The van der Waals surface area contributed by atoms with Gasteiger partial charge < -0.3 is 5.11 Å². The molecule has 2 nitrogen and oxygen atoms in total. The van der Waals surface area contributed by atoms with Gasteiger partial charge in [-0.25, -0.2) is 0 Å². The van der Waals surface area contributed by atoms with E-state index in [1.165, 1.54) is 5.56 Å². The van der Waals surface area contributed by atoms with E-state index in [1.54, 1.807) is 0 Å². The van der Waals surface area contributed by atoms with Crippen LogP contribution in [0.1, 0.15) is 11.1 Å². The van der Waals surface area contributed by atoms with Gasteiger partial charge in [-0.1, -0.05) is 28.1 Å². The van der Waals surface area contributed by atoms with Crippen LogP contribution >= 0.6 is 15.9 Å². The Labute approximate surface area is 92.3 Å². The number of hydrogen-bond acceptors (Lipinski definition) is 2. The summed E-state index contributed by atoms with van der Waals surface area (Å²) in [6, 6.07) is 8.06. The molecule has 0 bridgehead atoms. The fourth-order valence-electron chi connectivity index (χ4n) is 1.20. The summed E-state index contributed by atoms with van der Waals surface area (Å²) in [5, 5.41) is 17.6. The van der Waals surface area contributed by atoms with Crippen molar-refractivity contribution in [3.8, 4) is 6.07 Å². The van der Waals surface area contributed by atoms with E-state index in [4.69, 9.17) is 10.4 Å². The smallest absolute Gasteiger partial charge is 0.0734 e. The van der Waals surface area contributed by atoms with Crippen LogP contribution in [-0.2, 0) is 6.42 Å². The van der Waals surface area contributed by atoms with Gasteiger partial charge in [0, 0.05) is 4.47 Å². The molecule has 14 heavy (non-hydrogen) atoms. The summed E-state index contributed by atoms with van der Waals surface area (Å²) in [6.45, 7) is 1.93. The van der Waals surface area contributed by atoms with Crippen molar-refractivity contribution in [1.82, 2.24) is 0 Å². The normalized spacial score (nSPS) is 12.1. The van der Waals surface area contributed by atoms with Crippen molar-refractivity contribution in [1.29, 1.82) is 5.26 Å². The molecule has 0 saturated carbocycles. The highest BCUT2D eigenvalue weighted by Crippen LogP contribution is 2.19. The fraction of sp³-hybridized carbons (Fsp3) is 0.364. The molecule has 1 N–H and O–H groups in total. The molecule has 1 atom stereocenters. The van der Waals surface area contributed by atoms with Gasteiger partial charge in [-0.3, -0.25) is 0 Å². The van der Waals surface area contributed by atoms with Gasteiger partial charge in [0.25, 0.3) is 0 Å². The van der Waals surface area contributed by atoms with Crippen molar-refractivity contribution in [2.24, 2.45) is 5.92 Å². The molecule has 0 saturated heterocycles. The summed E-state index contributed by atoms with van der Waals surface area (Å²) in [4.78, 5) is 0. The monoisotopic (exact) mass is 253 g/mol. The van der Waals surface area contributed by atoms with Crippen LogP contribution in [0.4, 0.5) is 0 Å². The van der Waals surface area contributed by atoms with E-state index in [0.717, 1.165) is 10.0 Å². The van der Waals surface area contributed by atoms with Crippen molar-refractivity contribution >= 4 is 15.9 Å². The highest BCUT2D eigenvalue weighted by molar-refractivity contribution is 9.10. The molecule has 74 valence electrons. The molecule has 0 aliphatic carbocycles. The number of aryl methyl sites for hydroxylation is 1. The Balaban J connectivity index is 2.78. The molecule has 0 aliphatic rings. The van der Waals surface area contributed by atoms with Crippen molar-refractivity contribution in [3.05, 3.63) is 33.8 Å². The zero-order valence-electron chi connectivity index (χ0n) is 8.00. The van der Waals surface area contributed by atoms with Crippen LogP contribution in [0.15, 0.2) is 22.7 Å². The van der Waals surface area contributed by atoms with E-state index >= 15 is 0 Å². The summed E-state index contributed by atoms with van der Waals surface area (Å²) in [7, 11) is 0. The minimum Gasteiger partial charge on any atom is -0.395 e. The quantitative estimate of drug-likeness (QED) is 0.900. The van der Waals surface area contributed by atoms with Crippen LogP contribution in [0.25, 0.3) is 0 Å². The number of rotatable bonds is 3. The van der Waals surface area contributed by atoms with Crippen LogP contribution in [0.5, 0.6) is 0 Å². The average Bonchev–Trinajstić information content (AvgIpc) is 2.19. The molecule has 0 amide bonds. The summed E-state index contributed by atoms with van der Waals surface area (Å²) in [5.74, 6) is -0.301. The van der Waals surface area contributed by atoms with Gasteiger partial charge in [0.15, 0.2) is 0 Å². The van der Waals surface area contributed by atoms with E-state index in [-0.39, 0.29) is 12.5 Å². The third kappa shape index (κ3) is 2.83. The maximum atomic E-state index is 8.88. The Morgan fingerprint density at radius 2 is 2.29 bits per heavy atom. The van der Waals surface area contributed by atoms with Gasteiger partial charge in [0.2, 0.25) is 0 Å². The van der Waals surface area contributed by atoms with E-state index in [1.807, 2.05) is 25.1 Å². The van der Waals surface area contributed by atoms with E-state index < -0.39 is 0 Å². The lowest BCUT2D eigenvalue weighted by molar-refractivity contribution is 0.255. The lowest BCUT2D eigenvalue weighted by Gasteiger charge is -2.06. The number of nitrogens with zero attached hydrogens (tertiary/aromatic N) is 1. The first-order valence-electron chi connectivity index (χ1n) is 4.43. The van der Waals surface area contributed by atoms with Gasteiger partial charge in [-0.15, -0.1) is 0 Å². The summed E-state index contributed by atoms with van der Waals surface area (Å²) < 4.78 is 1.05. The van der Waals surface area contributed by atoms with Gasteiger partial charge in [0.05, 0.1) is 18.6 Å². The van der Waals surface area contributed by atoms with Gasteiger partial charge in [-0.05, 0) is 30.5 Å². The number of hydrogen-bond donors (Lipinski definition) is 1. The minimum absolute atomic E-state index is 0.0814. The third-order valence-corrected chi connectivity index (χ3v) is 2.98. The van der Waals surface area contributed by atoms with Crippen LogP contribution in [0.2, 0.25) is 0 Å². The van der Waals surface area contributed by atoms with Crippen LogP contribution in [-0.4, -0.2) is 11.7 Å². The van der Waals surface area contributed by atoms with Crippen molar-refractivity contribution < 1.29 is 5.11 Å². The third-order valence-electron chi connectivity index (χ3n) is 2.12. The number of nitriles is 1. The zero-order valence-corrected chi connectivity index (χ0v) is 9.58. The topological polar surface area (TPSA) is 44.0 Å². The molecular formula is C11H12BrNO. The molecule has 0 radical (unpaired) electrons. The second-order valence-electron chi connectivity index (χ2n) is 3.30. The maximum absolute atomic E-state index is 8.88. The standard InChI is InChI=1S/C11H12BrNO/c1-8-2-3-9(5-11(8)12)4-10(6-13)7-14/h2-3,5,10,14H,4,7H2,1H3/t10-/m1/s1. The van der Waals surface area contributed by atoms with Gasteiger partial charge in [0.1, 0.15) is 0 Å². The lowest BCUT2D eigenvalue weighted by Crippen LogP contribution is -2.06. The maximum Gasteiger partial charge on any atom is 0.0734 e. The van der Waals surface area contributed by atoms with Crippen LogP contribution < -0.4 is 0 Å². The molecule has 0 spiro atoms. The first kappa shape index (κ1) is 11.2. The Morgan fingerprint density at radius 3 is 2.79 bits per heavy atom. The molecule has 0 fully saturated rings. The average molecular weight is 254 g/mol. The van der Waals surface area contributed by atoms with Crippen molar-refractivity contribution in [3.63, 3.8) is 0 Å². The molecule has 0 unspecified atom stereocenters. The molecule has 0 aliphatic heterocycles. The zero-order chi connectivity index (χ0) is 10.6. The number of aliphatic hydroxyl groups is 1. The summed E-state index contributed by atoms with van der Waals surface area (Å²) in [5.41, 5.74) is 2.24. The Morgan fingerprint density at radius 1 is 1.57 bits per heavy atom. The molecule has 0 aromatic heterocycles. The lowest BCUT2D eigenvalue weighted by atomic mass is 10.0. The predicted molar refractivity (Wildman–Crippen MR) is 58.8 cm³/mol. The molecule has 1 aromatic rings. The van der Waals surface area contributed by atoms with Gasteiger partial charge in [-0.2, -0.15) is 5.26 Å². The Hall–Kier alpha value is -0.850. The SMILES string of the molecule is Cc1ccc(C[C@H](C#N)CO)cc1Br. The molecule has 0 heterocycles. The van der Waals surface area contributed by atoms with Crippen molar-refractivity contribution in [2.45, 2.75) is 13.3 Å². The molecular weight excluding hydrogens is 242 g/mol. The Bertz CT molecular complexity index is 357. The summed E-state index contributed by atoms with van der Waals surface area (Å²) >= 11 is 3.43. The predicted octanol–water partition coefficient (Wildman–Crippen LogP) is 2.43. The van der Waals surface area contributed by atoms with Gasteiger partial charge >= 0.3 is 0 Å². The largest absolute Gasteiger partial charge is 0.395 e. The second-order valence-corrected chi connectivity index (χ2v) is 4.15. The van der Waals surface area contributed by atoms with E-state index in [0.29, 0.717) is 6.42 Å². The Kier molecular flexibility index (Phi) is 4.12. The first-order valence-corrected chi connectivity index (χ1v) is 5.22. The number of aliphatic hydroxyl groups excluding tert-OH is 1. The van der Waals surface area contributed by atoms with E-state index in [2.05, 4.69) is 22.0 Å². The molecule has 3 heteroatoms. The first-order chi connectivity index (χ1) is 6.67. The van der Waals surface area contributed by atoms with Crippen LogP contribution in [0.3, 0.4) is 0 Å². The highest BCUT2D eigenvalue weighted by Gasteiger charge is 2.07. The molecule has 1 aromatic carbocycles. The number of halogens is 1. The summed E-state index contributed by atoms with van der Waals surface area (Å²) in [6.07, 6.45) is 0.603. The molecule has 1 rings (SSSR count). The highest BCUT2D eigenvalue weighted by atomic mass is 79.9. The number of benzene rings is 1. The minimum atomic E-state index is -0.301. The second kappa shape index (κ2) is 5.14.